The van der Waals surface area contributed by atoms with Crippen molar-refractivity contribution in [2.45, 2.75) is 39.3 Å². The van der Waals surface area contributed by atoms with Crippen LogP contribution in [0, 0.1) is 12.8 Å². The molecule has 90 valence electrons. The van der Waals surface area contributed by atoms with E-state index in [-0.39, 0.29) is 0 Å². The van der Waals surface area contributed by atoms with Crippen LogP contribution in [0.4, 0.5) is 0 Å². The highest BCUT2D eigenvalue weighted by molar-refractivity contribution is 4.89. The van der Waals surface area contributed by atoms with Gasteiger partial charge in [-0.1, -0.05) is 12.1 Å². The van der Waals surface area contributed by atoms with Gasteiger partial charge in [-0.2, -0.15) is 4.98 Å². The summed E-state index contributed by atoms with van der Waals surface area (Å²) in [7, 11) is 0. The summed E-state index contributed by atoms with van der Waals surface area (Å²) in [6.45, 7) is 6.63. The molecule has 1 fully saturated rings. The molecule has 1 aromatic heterocycles. The topological polar surface area (TPSA) is 68.2 Å². The van der Waals surface area contributed by atoms with Gasteiger partial charge in [0, 0.05) is 19.5 Å². The molecule has 1 aliphatic rings. The molecule has 0 radical (unpaired) electrons. The Morgan fingerprint density at radius 3 is 3.00 bits per heavy atom. The highest BCUT2D eigenvalue weighted by atomic mass is 16.5. The predicted molar refractivity (Wildman–Crippen MR) is 60.7 cm³/mol. The minimum atomic E-state index is 0.451. The van der Waals surface area contributed by atoms with Gasteiger partial charge in [-0.25, -0.2) is 0 Å². The van der Waals surface area contributed by atoms with Crippen molar-refractivity contribution >= 4 is 0 Å². The average Bonchev–Trinajstić information content (AvgIpc) is 2.64. The minimum absolute atomic E-state index is 0.451. The maximum atomic E-state index is 5.84. The number of rotatable bonds is 3. The number of aromatic nitrogens is 2. The summed E-state index contributed by atoms with van der Waals surface area (Å²) in [5, 5.41) is 3.94. The van der Waals surface area contributed by atoms with Crippen molar-refractivity contribution in [3.05, 3.63) is 11.7 Å². The van der Waals surface area contributed by atoms with E-state index in [0.29, 0.717) is 24.4 Å². The van der Waals surface area contributed by atoms with Crippen LogP contribution in [0.2, 0.25) is 0 Å². The summed E-state index contributed by atoms with van der Waals surface area (Å²) in [5.41, 5.74) is 5.84. The van der Waals surface area contributed by atoms with Crippen molar-refractivity contribution in [2.75, 3.05) is 13.1 Å². The summed E-state index contributed by atoms with van der Waals surface area (Å²) < 4.78 is 4.98. The monoisotopic (exact) mass is 224 g/mol. The van der Waals surface area contributed by atoms with E-state index < -0.39 is 0 Å². The third-order valence-corrected chi connectivity index (χ3v) is 3.39. The Morgan fingerprint density at radius 1 is 1.56 bits per heavy atom. The summed E-state index contributed by atoms with van der Waals surface area (Å²) in [4.78, 5) is 6.61. The van der Waals surface area contributed by atoms with Crippen molar-refractivity contribution in [1.82, 2.24) is 15.0 Å². The molecule has 5 heteroatoms. The number of hydrogen-bond donors (Lipinski definition) is 1. The number of piperidine rings is 1. The molecule has 1 saturated heterocycles. The largest absolute Gasteiger partial charge is 0.340 e. The van der Waals surface area contributed by atoms with E-state index in [4.69, 9.17) is 10.3 Å². The molecule has 5 nitrogen and oxygen atoms in total. The lowest BCUT2D eigenvalue weighted by atomic mass is 9.91. The van der Waals surface area contributed by atoms with Crippen LogP contribution >= 0.6 is 0 Å². The van der Waals surface area contributed by atoms with Gasteiger partial charge in [-0.15, -0.1) is 0 Å². The molecule has 0 bridgehead atoms. The van der Waals surface area contributed by atoms with Crippen molar-refractivity contribution in [1.29, 1.82) is 0 Å². The molecule has 0 saturated carbocycles. The standard InChI is InChI=1S/C11H20N4O/c1-8-4-3-5-15(10(8)6-12)7-11-13-9(2)16-14-11/h8,10H,3-7,12H2,1-2H3. The number of hydrogen-bond acceptors (Lipinski definition) is 5. The Hall–Kier alpha value is -0.940. The van der Waals surface area contributed by atoms with E-state index in [1.54, 1.807) is 0 Å². The Kier molecular flexibility index (Phi) is 3.56. The lowest BCUT2D eigenvalue weighted by Gasteiger charge is -2.38. The highest BCUT2D eigenvalue weighted by Gasteiger charge is 2.28. The Bertz CT molecular complexity index is 338. The van der Waals surface area contributed by atoms with E-state index in [1.807, 2.05) is 6.92 Å². The first-order valence-corrected chi connectivity index (χ1v) is 5.94. The molecule has 0 aromatic carbocycles. The van der Waals surface area contributed by atoms with Gasteiger partial charge >= 0.3 is 0 Å². The maximum Gasteiger partial charge on any atom is 0.223 e. The van der Waals surface area contributed by atoms with E-state index >= 15 is 0 Å². The fourth-order valence-corrected chi connectivity index (χ4v) is 2.50. The SMILES string of the molecule is Cc1nc(CN2CCCC(C)C2CN)no1. The molecule has 2 atom stereocenters. The first-order valence-electron chi connectivity index (χ1n) is 5.94. The fourth-order valence-electron chi connectivity index (χ4n) is 2.50. The molecule has 2 heterocycles. The molecule has 0 aliphatic carbocycles. The molecule has 16 heavy (non-hydrogen) atoms. The van der Waals surface area contributed by atoms with Crippen LogP contribution in [0.3, 0.4) is 0 Å². The predicted octanol–water partition coefficient (Wildman–Crippen LogP) is 0.937. The quantitative estimate of drug-likeness (QED) is 0.827. The van der Waals surface area contributed by atoms with E-state index in [9.17, 15) is 0 Å². The van der Waals surface area contributed by atoms with E-state index in [1.165, 1.54) is 12.8 Å². The van der Waals surface area contributed by atoms with Crippen LogP contribution in [0.5, 0.6) is 0 Å². The number of likely N-dealkylation sites (tertiary alicyclic amines) is 1. The molecule has 0 spiro atoms. The van der Waals surface area contributed by atoms with Gasteiger partial charge in [0.25, 0.3) is 0 Å². The van der Waals surface area contributed by atoms with Gasteiger partial charge < -0.3 is 10.3 Å². The van der Waals surface area contributed by atoms with Crippen LogP contribution in [0.15, 0.2) is 4.52 Å². The second kappa shape index (κ2) is 4.93. The first-order chi connectivity index (χ1) is 7.70. The van der Waals surface area contributed by atoms with Crippen LogP contribution in [-0.4, -0.2) is 34.2 Å². The second-order valence-electron chi connectivity index (χ2n) is 4.62. The zero-order valence-corrected chi connectivity index (χ0v) is 10.0. The highest BCUT2D eigenvalue weighted by Crippen LogP contribution is 2.23. The third kappa shape index (κ3) is 2.41. The zero-order chi connectivity index (χ0) is 11.5. The number of nitrogens with zero attached hydrogens (tertiary/aromatic N) is 3. The zero-order valence-electron chi connectivity index (χ0n) is 10.0. The van der Waals surface area contributed by atoms with Crippen molar-refractivity contribution < 1.29 is 4.52 Å². The summed E-state index contributed by atoms with van der Waals surface area (Å²) in [6.07, 6.45) is 2.50. The lowest BCUT2D eigenvalue weighted by molar-refractivity contribution is 0.0955. The first kappa shape index (κ1) is 11.5. The molecule has 0 amide bonds. The molecule has 2 rings (SSSR count). The fraction of sp³-hybridized carbons (Fsp3) is 0.818. The summed E-state index contributed by atoms with van der Waals surface area (Å²) in [5.74, 6) is 2.06. The second-order valence-corrected chi connectivity index (χ2v) is 4.62. The smallest absolute Gasteiger partial charge is 0.223 e. The Morgan fingerprint density at radius 2 is 2.38 bits per heavy atom. The van der Waals surface area contributed by atoms with Crippen molar-refractivity contribution in [2.24, 2.45) is 11.7 Å². The molecule has 2 N–H and O–H groups in total. The Labute approximate surface area is 96.0 Å². The molecule has 1 aromatic rings. The number of nitrogens with two attached hydrogens (primary N) is 1. The summed E-state index contributed by atoms with van der Waals surface area (Å²) in [6, 6.07) is 0.451. The van der Waals surface area contributed by atoms with Crippen molar-refractivity contribution in [3.8, 4) is 0 Å². The normalized spacial score (nSPS) is 27.2. The number of aryl methyl sites for hydroxylation is 1. The summed E-state index contributed by atoms with van der Waals surface area (Å²) >= 11 is 0. The average molecular weight is 224 g/mol. The van der Waals surface area contributed by atoms with Gasteiger partial charge in [0.15, 0.2) is 5.82 Å². The van der Waals surface area contributed by atoms with Crippen molar-refractivity contribution in [3.63, 3.8) is 0 Å². The molecule has 2 unspecified atom stereocenters. The Balaban J connectivity index is 2.02. The van der Waals surface area contributed by atoms with Gasteiger partial charge in [0.1, 0.15) is 0 Å². The molecular weight excluding hydrogens is 204 g/mol. The van der Waals surface area contributed by atoms with Crippen LogP contribution in [-0.2, 0) is 6.54 Å². The van der Waals surface area contributed by atoms with E-state index in [2.05, 4.69) is 22.0 Å². The van der Waals surface area contributed by atoms with Crippen LogP contribution < -0.4 is 5.73 Å². The minimum Gasteiger partial charge on any atom is -0.340 e. The van der Waals surface area contributed by atoms with Gasteiger partial charge in [0.2, 0.25) is 5.89 Å². The lowest BCUT2D eigenvalue weighted by Crippen LogP contribution is -2.48. The van der Waals surface area contributed by atoms with Crippen LogP contribution in [0.25, 0.3) is 0 Å². The van der Waals surface area contributed by atoms with Crippen LogP contribution in [0.1, 0.15) is 31.5 Å². The van der Waals surface area contributed by atoms with Gasteiger partial charge in [-0.05, 0) is 25.3 Å². The maximum absolute atomic E-state index is 5.84. The molecule has 1 aliphatic heterocycles. The van der Waals surface area contributed by atoms with Gasteiger partial charge in [0.05, 0.1) is 6.54 Å². The third-order valence-electron chi connectivity index (χ3n) is 3.39. The molecular formula is C11H20N4O. The van der Waals surface area contributed by atoms with E-state index in [0.717, 1.165) is 18.9 Å². The van der Waals surface area contributed by atoms with Gasteiger partial charge in [-0.3, -0.25) is 4.90 Å².